The smallest absolute Gasteiger partial charge is 0.240 e. The van der Waals surface area contributed by atoms with Crippen molar-refractivity contribution in [3.63, 3.8) is 0 Å². The summed E-state index contributed by atoms with van der Waals surface area (Å²) in [6.45, 7) is 0.245. The number of nitrogens with one attached hydrogen (secondary N) is 1. The minimum atomic E-state index is -3.50. The van der Waals surface area contributed by atoms with E-state index in [2.05, 4.69) is 10.8 Å². The van der Waals surface area contributed by atoms with Crippen molar-refractivity contribution in [2.45, 2.75) is 81.6 Å². The number of hydrogen-bond acceptors (Lipinski definition) is 8. The molecular formula is C38H42N4O7S. The van der Waals surface area contributed by atoms with Gasteiger partial charge < -0.3 is 19.8 Å². The molecule has 3 aliphatic rings. The van der Waals surface area contributed by atoms with Crippen molar-refractivity contribution in [2.24, 2.45) is 17.6 Å². The van der Waals surface area contributed by atoms with E-state index >= 15 is 0 Å². The van der Waals surface area contributed by atoms with Crippen LogP contribution in [0.1, 0.15) is 64.2 Å². The first-order valence-electron chi connectivity index (χ1n) is 17.5. The molecule has 50 heavy (non-hydrogen) atoms. The second-order valence-electron chi connectivity index (χ2n) is 13.7. The van der Waals surface area contributed by atoms with Gasteiger partial charge in [0, 0.05) is 35.8 Å². The van der Waals surface area contributed by atoms with Gasteiger partial charge in [-0.2, -0.15) is 0 Å². The zero-order chi connectivity index (χ0) is 34.8. The van der Waals surface area contributed by atoms with Gasteiger partial charge in [-0.25, -0.2) is 13.4 Å². The number of aromatic nitrogens is 1. The van der Waals surface area contributed by atoms with Gasteiger partial charge in [0.2, 0.25) is 27.7 Å². The largest absolute Gasteiger partial charge is 0.484 e. The molecule has 1 unspecified atom stereocenters. The zero-order valence-electron chi connectivity index (χ0n) is 27.8. The van der Waals surface area contributed by atoms with E-state index in [4.69, 9.17) is 19.9 Å². The summed E-state index contributed by atoms with van der Waals surface area (Å²) in [5.74, 6) is -0.705. The third-order valence-corrected chi connectivity index (χ3v) is 11.7. The molecule has 2 saturated carbocycles. The molecule has 12 heteroatoms. The lowest BCUT2D eigenvalue weighted by Gasteiger charge is -2.22. The molecule has 2 aliphatic carbocycles. The van der Waals surface area contributed by atoms with Crippen LogP contribution < -0.4 is 15.2 Å². The first kappa shape index (κ1) is 33.8. The molecule has 0 spiro atoms. The molecule has 3 N–H and O–H groups in total. The Balaban J connectivity index is 0.898. The first-order chi connectivity index (χ1) is 24.2. The number of rotatable bonds is 15. The molecule has 0 bridgehead atoms. The Labute approximate surface area is 291 Å². The molecule has 262 valence electrons. The van der Waals surface area contributed by atoms with Crippen LogP contribution in [0.25, 0.3) is 33.3 Å². The summed E-state index contributed by atoms with van der Waals surface area (Å²) < 4.78 is 38.9. The van der Waals surface area contributed by atoms with E-state index in [0.29, 0.717) is 54.5 Å². The molecule has 3 heterocycles. The number of nitrogens with two attached hydrogens (primary N) is 1. The van der Waals surface area contributed by atoms with Crippen molar-refractivity contribution in [2.75, 3.05) is 6.54 Å². The van der Waals surface area contributed by atoms with Crippen molar-refractivity contribution in [1.29, 1.82) is 0 Å². The maximum absolute atomic E-state index is 13.3. The number of ether oxygens (including phenoxy) is 1. The van der Waals surface area contributed by atoms with Crippen molar-refractivity contribution in [3.05, 3.63) is 72.8 Å². The van der Waals surface area contributed by atoms with Crippen molar-refractivity contribution < 1.29 is 32.0 Å². The Morgan fingerprint density at radius 2 is 1.76 bits per heavy atom. The lowest BCUT2D eigenvalue weighted by atomic mass is 10.1. The Morgan fingerprint density at radius 3 is 2.54 bits per heavy atom. The van der Waals surface area contributed by atoms with Gasteiger partial charge in [0.25, 0.3) is 0 Å². The molecule has 3 amide bonds. The van der Waals surface area contributed by atoms with Crippen LogP contribution in [0, 0.1) is 11.8 Å². The number of amides is 3. The number of benzene rings is 2. The van der Waals surface area contributed by atoms with Crippen LogP contribution in [-0.2, 0) is 24.4 Å². The maximum Gasteiger partial charge on any atom is 0.240 e. The molecule has 3 fully saturated rings. The highest BCUT2D eigenvalue weighted by Gasteiger charge is 2.45. The number of primary amides is 1. The monoisotopic (exact) mass is 698 g/mol. The van der Waals surface area contributed by atoms with Crippen LogP contribution in [0.5, 0.6) is 5.75 Å². The van der Waals surface area contributed by atoms with Gasteiger partial charge in [-0.3, -0.25) is 19.1 Å². The van der Waals surface area contributed by atoms with E-state index < -0.39 is 33.3 Å². The second-order valence-corrected chi connectivity index (χ2v) is 15.6. The van der Waals surface area contributed by atoms with Gasteiger partial charge in [0.15, 0.2) is 11.3 Å². The lowest BCUT2D eigenvalue weighted by Crippen LogP contribution is -2.43. The van der Waals surface area contributed by atoms with Gasteiger partial charge in [-0.15, -0.1) is 0 Å². The van der Waals surface area contributed by atoms with E-state index in [1.165, 1.54) is 0 Å². The van der Waals surface area contributed by atoms with Crippen LogP contribution in [0.3, 0.4) is 0 Å². The summed E-state index contributed by atoms with van der Waals surface area (Å²) >= 11 is 0. The molecule has 1 aliphatic heterocycles. The zero-order valence-corrected chi connectivity index (χ0v) is 28.6. The molecule has 4 atom stereocenters. The predicted octanol–water partition coefficient (Wildman–Crippen LogP) is 5.62. The number of para-hydroxylation sites is 1. The lowest BCUT2D eigenvalue weighted by molar-refractivity contribution is -0.137. The number of pyridine rings is 1. The first-order valence-corrected chi connectivity index (χ1v) is 19.1. The third kappa shape index (κ3) is 7.55. The fraction of sp³-hybridized carbons (Fsp3) is 0.421. The molecule has 2 aromatic heterocycles. The Morgan fingerprint density at radius 1 is 1.00 bits per heavy atom. The van der Waals surface area contributed by atoms with Crippen LogP contribution in [0.15, 0.2) is 77.2 Å². The number of nitrogens with zero attached hydrogens (tertiary/aromatic N) is 2. The maximum atomic E-state index is 13.3. The van der Waals surface area contributed by atoms with Crippen LogP contribution in [0.4, 0.5) is 0 Å². The number of hydrogen-bond donors (Lipinski definition) is 2. The van der Waals surface area contributed by atoms with E-state index in [9.17, 15) is 22.8 Å². The van der Waals surface area contributed by atoms with Gasteiger partial charge in [0.1, 0.15) is 23.2 Å². The molecule has 0 radical (unpaired) electrons. The number of fused-ring (bicyclic) bond motifs is 3. The van der Waals surface area contributed by atoms with E-state index in [1.807, 2.05) is 66.7 Å². The highest BCUT2D eigenvalue weighted by atomic mass is 32.2. The highest BCUT2D eigenvalue weighted by Crippen LogP contribution is 2.41. The molecule has 11 nitrogen and oxygen atoms in total. The fourth-order valence-electron chi connectivity index (χ4n) is 6.82. The number of carbonyl (C=O) groups excluding carboxylic acids is 3. The van der Waals surface area contributed by atoms with E-state index in [1.54, 1.807) is 4.90 Å². The number of unbranched alkanes of at least 4 members (excludes halogenated alkanes) is 4. The van der Waals surface area contributed by atoms with Crippen molar-refractivity contribution in [3.8, 4) is 17.0 Å². The quantitative estimate of drug-likeness (QED) is 0.119. The molecular weight excluding hydrogens is 657 g/mol. The Bertz CT molecular complexity index is 2040. The SMILES string of the molecule is NC(=O)[C@@H]1C[C@@H](Oc2cc(-c3ccccc3)nc3c2oc2ccccc23)CN1C(=O)CCCCCC/C=C\[C@@H]1CC1C(=O)NS(=O)(=O)C1CC1. The molecule has 1 saturated heterocycles. The van der Waals surface area contributed by atoms with Crippen LogP contribution in [0.2, 0.25) is 0 Å². The average Bonchev–Trinajstić information content (AvgIpc) is 4.03. The van der Waals surface area contributed by atoms with Gasteiger partial charge in [-0.1, -0.05) is 67.5 Å². The minimum Gasteiger partial charge on any atom is -0.484 e. The number of furan rings is 1. The summed E-state index contributed by atoms with van der Waals surface area (Å²) in [6.07, 6.45) is 10.5. The standard InChI is InChI=1S/C38H42N4O7S/c39-37(44)31-21-26(48-33-22-30(24-12-7-5-8-13-24)40-35-28-15-10-11-16-32(28)49-36(33)35)23-42(31)34(43)17-9-4-2-1-3-6-14-25-20-29(25)38(45)41-50(46,47)27-18-19-27/h5-8,10-16,22,25-27,29,31H,1-4,9,17-21,23H2,(H2,39,44)(H,41,45)/b14-6-/t25-,26-,29?,31+/m1/s1. The number of carbonyl (C=O) groups is 3. The Kier molecular flexibility index (Phi) is 9.63. The number of allylic oxidation sites excluding steroid dienone is 2. The van der Waals surface area contributed by atoms with E-state index in [-0.39, 0.29) is 36.6 Å². The average molecular weight is 699 g/mol. The Hall–Kier alpha value is -4.71. The van der Waals surface area contributed by atoms with Crippen molar-refractivity contribution >= 4 is 49.8 Å². The van der Waals surface area contributed by atoms with Crippen molar-refractivity contribution in [1.82, 2.24) is 14.6 Å². The third-order valence-electron chi connectivity index (χ3n) is 9.85. The summed E-state index contributed by atoms with van der Waals surface area (Å²) in [7, 11) is -3.50. The molecule has 2 aromatic carbocycles. The van der Waals surface area contributed by atoms with Crippen LogP contribution in [-0.4, -0.2) is 60.0 Å². The summed E-state index contributed by atoms with van der Waals surface area (Å²) in [4.78, 5) is 44.5. The summed E-state index contributed by atoms with van der Waals surface area (Å²) in [5, 5.41) is 0.474. The van der Waals surface area contributed by atoms with Gasteiger partial charge in [0.05, 0.1) is 17.5 Å². The normalized spacial score (nSPS) is 22.0. The topological polar surface area (TPSA) is 162 Å². The fourth-order valence-corrected chi connectivity index (χ4v) is 8.17. The van der Waals surface area contributed by atoms with Gasteiger partial charge >= 0.3 is 0 Å². The van der Waals surface area contributed by atoms with Crippen LogP contribution >= 0.6 is 0 Å². The predicted molar refractivity (Wildman–Crippen MR) is 189 cm³/mol. The summed E-state index contributed by atoms with van der Waals surface area (Å²) in [5.41, 5.74) is 9.32. The molecule has 7 rings (SSSR count). The van der Waals surface area contributed by atoms with Gasteiger partial charge in [-0.05, 0) is 56.6 Å². The minimum absolute atomic E-state index is 0.0997. The number of likely N-dealkylation sites (tertiary alicyclic amines) is 1. The van der Waals surface area contributed by atoms with E-state index in [0.717, 1.165) is 42.3 Å². The second kappa shape index (κ2) is 14.3. The summed E-state index contributed by atoms with van der Waals surface area (Å²) in [6, 6.07) is 18.6. The number of sulfonamides is 1. The molecule has 4 aromatic rings. The highest BCUT2D eigenvalue weighted by molar-refractivity contribution is 7.90.